The van der Waals surface area contributed by atoms with E-state index in [-0.39, 0.29) is 0 Å². The van der Waals surface area contributed by atoms with Crippen molar-refractivity contribution in [1.29, 1.82) is 0 Å². The summed E-state index contributed by atoms with van der Waals surface area (Å²) in [5, 5.41) is 0. The standard InChI is InChI=1S/C12H16INO2/c1-15-12-4-2-10(3-5-12)8-16-9-11(13)6-7-14/h2-6H,7-9,14H2,1H3/b11-6+. The predicted octanol–water partition coefficient (Wildman–Crippen LogP) is 2.49. The van der Waals surface area contributed by atoms with Crippen molar-refractivity contribution in [3.05, 3.63) is 39.5 Å². The van der Waals surface area contributed by atoms with Crippen LogP contribution in [0.5, 0.6) is 5.75 Å². The van der Waals surface area contributed by atoms with E-state index in [2.05, 4.69) is 22.6 Å². The van der Waals surface area contributed by atoms with Crippen LogP contribution in [0.1, 0.15) is 5.56 Å². The number of hydrogen-bond acceptors (Lipinski definition) is 3. The Morgan fingerprint density at radius 3 is 2.62 bits per heavy atom. The van der Waals surface area contributed by atoms with Crippen molar-refractivity contribution in [2.24, 2.45) is 5.73 Å². The smallest absolute Gasteiger partial charge is 0.118 e. The molecule has 1 aromatic rings. The van der Waals surface area contributed by atoms with Crippen LogP contribution in [0.25, 0.3) is 0 Å². The summed E-state index contributed by atoms with van der Waals surface area (Å²) < 4.78 is 11.7. The Morgan fingerprint density at radius 2 is 2.06 bits per heavy atom. The van der Waals surface area contributed by atoms with Gasteiger partial charge in [-0.3, -0.25) is 0 Å². The van der Waals surface area contributed by atoms with E-state index in [1.807, 2.05) is 30.3 Å². The molecule has 0 radical (unpaired) electrons. The first-order valence-corrected chi connectivity index (χ1v) is 6.09. The van der Waals surface area contributed by atoms with Crippen LogP contribution in [-0.4, -0.2) is 20.3 Å². The van der Waals surface area contributed by atoms with Crippen molar-refractivity contribution < 1.29 is 9.47 Å². The Kier molecular flexibility index (Phi) is 6.44. The molecule has 0 aromatic heterocycles. The van der Waals surface area contributed by atoms with Crippen molar-refractivity contribution in [2.75, 3.05) is 20.3 Å². The van der Waals surface area contributed by atoms with Crippen molar-refractivity contribution in [3.63, 3.8) is 0 Å². The van der Waals surface area contributed by atoms with Crippen LogP contribution >= 0.6 is 22.6 Å². The number of halogens is 1. The molecule has 4 heteroatoms. The van der Waals surface area contributed by atoms with Crippen LogP contribution in [-0.2, 0) is 11.3 Å². The van der Waals surface area contributed by atoms with Crippen molar-refractivity contribution >= 4 is 22.6 Å². The zero-order chi connectivity index (χ0) is 11.8. The average molecular weight is 333 g/mol. The normalized spacial score (nSPS) is 11.6. The number of benzene rings is 1. The molecule has 0 aliphatic heterocycles. The van der Waals surface area contributed by atoms with E-state index in [0.717, 1.165) is 14.9 Å². The largest absolute Gasteiger partial charge is 0.497 e. The molecule has 0 bridgehead atoms. The summed E-state index contributed by atoms with van der Waals surface area (Å²) in [6.45, 7) is 1.78. The molecule has 2 N–H and O–H groups in total. The molecule has 16 heavy (non-hydrogen) atoms. The van der Waals surface area contributed by atoms with Crippen LogP contribution in [0.4, 0.5) is 0 Å². The van der Waals surface area contributed by atoms with Crippen LogP contribution in [0.15, 0.2) is 33.9 Å². The minimum absolute atomic E-state index is 0.560. The van der Waals surface area contributed by atoms with E-state index in [0.29, 0.717) is 19.8 Å². The van der Waals surface area contributed by atoms with Gasteiger partial charge in [0.05, 0.1) is 20.3 Å². The average Bonchev–Trinajstić information content (AvgIpc) is 2.30. The fourth-order valence-electron chi connectivity index (χ4n) is 1.17. The SMILES string of the molecule is COc1ccc(COC/C(I)=C\CN)cc1. The summed E-state index contributed by atoms with van der Waals surface area (Å²) in [4.78, 5) is 0. The lowest BCUT2D eigenvalue weighted by Gasteiger charge is -2.05. The van der Waals surface area contributed by atoms with Crippen LogP contribution in [0.2, 0.25) is 0 Å². The molecule has 0 saturated carbocycles. The Hall–Kier alpha value is -0.590. The van der Waals surface area contributed by atoms with Crippen molar-refractivity contribution in [1.82, 2.24) is 0 Å². The lowest BCUT2D eigenvalue weighted by molar-refractivity contribution is 0.147. The molecular formula is C12H16INO2. The van der Waals surface area contributed by atoms with Crippen LogP contribution < -0.4 is 10.5 Å². The van der Waals surface area contributed by atoms with Gasteiger partial charge in [0.15, 0.2) is 0 Å². The number of rotatable bonds is 6. The van der Waals surface area contributed by atoms with Gasteiger partial charge in [-0.05, 0) is 40.3 Å². The van der Waals surface area contributed by atoms with Crippen molar-refractivity contribution in [3.8, 4) is 5.75 Å². The Labute approximate surface area is 110 Å². The minimum atomic E-state index is 0.560. The molecule has 0 saturated heterocycles. The van der Waals surface area contributed by atoms with Crippen LogP contribution in [0.3, 0.4) is 0 Å². The van der Waals surface area contributed by atoms with Gasteiger partial charge < -0.3 is 15.2 Å². The highest BCUT2D eigenvalue weighted by Gasteiger charge is 1.96. The molecule has 0 atom stereocenters. The third-order valence-electron chi connectivity index (χ3n) is 2.01. The van der Waals surface area contributed by atoms with E-state index in [1.54, 1.807) is 7.11 Å². The third-order valence-corrected chi connectivity index (χ3v) is 2.76. The molecule has 88 valence electrons. The second kappa shape index (κ2) is 7.65. The number of methoxy groups -OCH3 is 1. The zero-order valence-electron chi connectivity index (χ0n) is 9.28. The highest BCUT2D eigenvalue weighted by molar-refractivity contribution is 14.1. The van der Waals surface area contributed by atoms with Gasteiger partial charge in [0, 0.05) is 10.1 Å². The Balaban J connectivity index is 2.34. The van der Waals surface area contributed by atoms with Gasteiger partial charge in [-0.1, -0.05) is 18.2 Å². The quantitative estimate of drug-likeness (QED) is 0.814. The first-order valence-electron chi connectivity index (χ1n) is 5.01. The van der Waals surface area contributed by atoms with Gasteiger partial charge in [-0.15, -0.1) is 0 Å². The van der Waals surface area contributed by atoms with E-state index in [1.165, 1.54) is 0 Å². The first-order chi connectivity index (χ1) is 7.76. The molecular weight excluding hydrogens is 317 g/mol. The van der Waals surface area contributed by atoms with Crippen molar-refractivity contribution in [2.45, 2.75) is 6.61 Å². The second-order valence-electron chi connectivity index (χ2n) is 3.23. The Morgan fingerprint density at radius 1 is 1.38 bits per heavy atom. The molecule has 1 rings (SSSR count). The predicted molar refractivity (Wildman–Crippen MR) is 73.8 cm³/mol. The number of nitrogens with two attached hydrogens (primary N) is 1. The van der Waals surface area contributed by atoms with Gasteiger partial charge in [-0.25, -0.2) is 0 Å². The summed E-state index contributed by atoms with van der Waals surface area (Å²) >= 11 is 2.23. The first kappa shape index (κ1) is 13.5. The molecule has 0 amide bonds. The summed E-state index contributed by atoms with van der Waals surface area (Å²) in [7, 11) is 1.66. The lowest BCUT2D eigenvalue weighted by atomic mass is 10.2. The summed E-state index contributed by atoms with van der Waals surface area (Å²) in [6.07, 6.45) is 1.95. The van der Waals surface area contributed by atoms with Crippen LogP contribution in [0, 0.1) is 0 Å². The van der Waals surface area contributed by atoms with E-state index in [9.17, 15) is 0 Å². The lowest BCUT2D eigenvalue weighted by Crippen LogP contribution is -1.99. The van der Waals surface area contributed by atoms with E-state index in [4.69, 9.17) is 15.2 Å². The van der Waals surface area contributed by atoms with Gasteiger partial charge in [0.25, 0.3) is 0 Å². The molecule has 0 heterocycles. The maximum Gasteiger partial charge on any atom is 0.118 e. The molecule has 0 fully saturated rings. The highest BCUT2D eigenvalue weighted by atomic mass is 127. The molecule has 0 aliphatic rings. The maximum absolute atomic E-state index is 5.54. The minimum Gasteiger partial charge on any atom is -0.497 e. The van der Waals surface area contributed by atoms with Gasteiger partial charge in [0.1, 0.15) is 5.75 Å². The molecule has 1 aromatic carbocycles. The van der Waals surface area contributed by atoms with E-state index >= 15 is 0 Å². The molecule has 0 spiro atoms. The third kappa shape index (κ3) is 4.96. The number of hydrogen-bond donors (Lipinski definition) is 1. The van der Waals surface area contributed by atoms with E-state index < -0.39 is 0 Å². The molecule has 3 nitrogen and oxygen atoms in total. The van der Waals surface area contributed by atoms with Gasteiger partial charge in [-0.2, -0.15) is 0 Å². The topological polar surface area (TPSA) is 44.5 Å². The summed E-state index contributed by atoms with van der Waals surface area (Å²) in [5.74, 6) is 0.862. The Bertz CT molecular complexity index is 335. The highest BCUT2D eigenvalue weighted by Crippen LogP contribution is 2.13. The maximum atomic E-state index is 5.54. The number of ether oxygens (including phenoxy) is 2. The van der Waals surface area contributed by atoms with Gasteiger partial charge >= 0.3 is 0 Å². The molecule has 0 aliphatic carbocycles. The zero-order valence-corrected chi connectivity index (χ0v) is 11.4. The fourth-order valence-corrected chi connectivity index (χ4v) is 1.65. The fraction of sp³-hybridized carbons (Fsp3) is 0.333. The molecule has 0 unspecified atom stereocenters. The summed E-state index contributed by atoms with van der Waals surface area (Å²) in [5.41, 5.74) is 6.53. The van der Waals surface area contributed by atoms with Gasteiger partial charge in [0.2, 0.25) is 0 Å². The second-order valence-corrected chi connectivity index (χ2v) is 4.61. The monoisotopic (exact) mass is 333 g/mol. The summed E-state index contributed by atoms with van der Waals surface area (Å²) in [6, 6.07) is 7.86.